The molecule has 0 aliphatic carbocycles. The predicted molar refractivity (Wildman–Crippen MR) is 98.9 cm³/mol. The third-order valence-electron chi connectivity index (χ3n) is 4.41. The standard InChI is InChI=1S/C19H20N2O8/c1-10-15(18(23)27-4)17(13-7-6-8-14(9-13)21(25)26)16(19(24)28-5)11(2)20(10)29-12(3)22/h6-9,17H,1-5H3. The second kappa shape index (κ2) is 8.55. The van der Waals surface area contributed by atoms with Crippen molar-refractivity contribution >= 4 is 23.6 Å². The van der Waals surface area contributed by atoms with Crippen LogP contribution < -0.4 is 0 Å². The highest BCUT2D eigenvalue weighted by Crippen LogP contribution is 2.43. The second-order valence-corrected chi connectivity index (χ2v) is 6.14. The van der Waals surface area contributed by atoms with Gasteiger partial charge in [0.15, 0.2) is 0 Å². The maximum Gasteiger partial charge on any atom is 0.336 e. The molecule has 0 atom stereocenters. The Morgan fingerprint density at radius 3 is 1.97 bits per heavy atom. The Balaban J connectivity index is 2.84. The lowest BCUT2D eigenvalue weighted by atomic mass is 9.80. The van der Waals surface area contributed by atoms with E-state index in [1.807, 2.05) is 0 Å². The molecular weight excluding hydrogens is 384 g/mol. The van der Waals surface area contributed by atoms with Crippen molar-refractivity contribution in [3.8, 4) is 0 Å². The molecule has 154 valence electrons. The Morgan fingerprint density at radius 2 is 1.55 bits per heavy atom. The fourth-order valence-corrected chi connectivity index (χ4v) is 3.20. The van der Waals surface area contributed by atoms with Gasteiger partial charge in [-0.05, 0) is 19.4 Å². The van der Waals surface area contributed by atoms with Crippen molar-refractivity contribution < 1.29 is 33.6 Å². The molecule has 10 nitrogen and oxygen atoms in total. The average Bonchev–Trinajstić information content (AvgIpc) is 2.69. The fourth-order valence-electron chi connectivity index (χ4n) is 3.20. The van der Waals surface area contributed by atoms with Crippen LogP contribution in [-0.2, 0) is 28.7 Å². The Morgan fingerprint density at radius 1 is 1.03 bits per heavy atom. The Hall–Kier alpha value is -3.69. The van der Waals surface area contributed by atoms with Crippen LogP contribution in [0.15, 0.2) is 46.8 Å². The molecule has 1 aliphatic rings. The highest BCUT2D eigenvalue weighted by atomic mass is 16.7. The number of nitrogens with zero attached hydrogens (tertiary/aromatic N) is 2. The Kier molecular flexibility index (Phi) is 6.37. The van der Waals surface area contributed by atoms with E-state index in [4.69, 9.17) is 14.3 Å². The van der Waals surface area contributed by atoms with Gasteiger partial charge in [-0.3, -0.25) is 10.1 Å². The third-order valence-corrected chi connectivity index (χ3v) is 4.41. The van der Waals surface area contributed by atoms with Crippen molar-refractivity contribution in [2.45, 2.75) is 26.7 Å². The molecular formula is C19H20N2O8. The lowest BCUT2D eigenvalue weighted by molar-refractivity contribution is -0.384. The van der Waals surface area contributed by atoms with E-state index < -0.39 is 28.7 Å². The summed E-state index contributed by atoms with van der Waals surface area (Å²) in [5.41, 5.74) is 0.470. The maximum atomic E-state index is 12.6. The molecule has 2 rings (SSSR count). The summed E-state index contributed by atoms with van der Waals surface area (Å²) in [5, 5.41) is 12.3. The van der Waals surface area contributed by atoms with Gasteiger partial charge < -0.3 is 14.3 Å². The molecule has 1 aliphatic heterocycles. The number of methoxy groups -OCH3 is 2. The minimum Gasteiger partial charge on any atom is -0.466 e. The number of hydrogen-bond acceptors (Lipinski definition) is 9. The van der Waals surface area contributed by atoms with Crippen molar-refractivity contribution in [1.29, 1.82) is 0 Å². The third kappa shape index (κ3) is 4.10. The number of hydrogen-bond donors (Lipinski definition) is 0. The lowest BCUT2D eigenvalue weighted by Crippen LogP contribution is -2.36. The number of benzene rings is 1. The van der Waals surface area contributed by atoms with Gasteiger partial charge in [0, 0.05) is 19.1 Å². The molecule has 0 bridgehead atoms. The number of non-ortho nitro benzene ring substituents is 1. The first-order valence-corrected chi connectivity index (χ1v) is 8.45. The zero-order chi connectivity index (χ0) is 21.9. The number of ether oxygens (including phenoxy) is 2. The molecule has 10 heteroatoms. The van der Waals surface area contributed by atoms with Crippen LogP contribution in [0, 0.1) is 10.1 Å². The van der Waals surface area contributed by atoms with Gasteiger partial charge in [0.2, 0.25) is 0 Å². The van der Waals surface area contributed by atoms with Crippen molar-refractivity contribution in [1.82, 2.24) is 5.06 Å². The van der Waals surface area contributed by atoms with E-state index in [9.17, 15) is 24.5 Å². The number of allylic oxidation sites excluding steroid dienone is 2. The first kappa shape index (κ1) is 21.6. The van der Waals surface area contributed by atoms with Gasteiger partial charge in [0.1, 0.15) is 0 Å². The summed E-state index contributed by atoms with van der Waals surface area (Å²) < 4.78 is 9.73. The van der Waals surface area contributed by atoms with Gasteiger partial charge in [-0.25, -0.2) is 14.4 Å². The number of esters is 2. The van der Waals surface area contributed by atoms with Crippen molar-refractivity contribution in [3.63, 3.8) is 0 Å². The molecule has 29 heavy (non-hydrogen) atoms. The zero-order valence-electron chi connectivity index (χ0n) is 16.5. The summed E-state index contributed by atoms with van der Waals surface area (Å²) in [4.78, 5) is 52.6. The fraction of sp³-hybridized carbons (Fsp3) is 0.316. The molecule has 0 aromatic heterocycles. The summed E-state index contributed by atoms with van der Waals surface area (Å²) in [5.74, 6) is -3.28. The lowest BCUT2D eigenvalue weighted by Gasteiger charge is -2.35. The van der Waals surface area contributed by atoms with E-state index in [0.29, 0.717) is 5.56 Å². The van der Waals surface area contributed by atoms with Gasteiger partial charge in [0.05, 0.1) is 47.6 Å². The first-order chi connectivity index (χ1) is 13.6. The highest BCUT2D eigenvalue weighted by molar-refractivity contribution is 5.99. The van der Waals surface area contributed by atoms with Crippen LogP contribution in [-0.4, -0.2) is 42.1 Å². The smallest absolute Gasteiger partial charge is 0.336 e. The Labute approximate surface area is 166 Å². The number of nitro groups is 1. The van der Waals surface area contributed by atoms with Gasteiger partial charge in [-0.15, -0.1) is 0 Å². The molecule has 0 saturated carbocycles. The van der Waals surface area contributed by atoms with E-state index >= 15 is 0 Å². The van der Waals surface area contributed by atoms with Crippen molar-refractivity contribution in [3.05, 3.63) is 62.5 Å². The van der Waals surface area contributed by atoms with Crippen LogP contribution in [0.3, 0.4) is 0 Å². The summed E-state index contributed by atoms with van der Waals surface area (Å²) in [7, 11) is 2.32. The molecule has 0 unspecified atom stereocenters. The van der Waals surface area contributed by atoms with Gasteiger partial charge in [0.25, 0.3) is 5.69 Å². The van der Waals surface area contributed by atoms with Crippen LogP contribution in [0.5, 0.6) is 0 Å². The normalized spacial score (nSPS) is 14.6. The number of nitro benzene ring substituents is 1. The molecule has 0 spiro atoms. The van der Waals surface area contributed by atoms with Crippen LogP contribution in [0.1, 0.15) is 32.3 Å². The van der Waals surface area contributed by atoms with Crippen LogP contribution in [0.4, 0.5) is 5.69 Å². The van der Waals surface area contributed by atoms with E-state index in [1.54, 1.807) is 6.07 Å². The largest absolute Gasteiger partial charge is 0.466 e. The van der Waals surface area contributed by atoms with Crippen LogP contribution >= 0.6 is 0 Å². The number of carbonyl (C=O) groups is 3. The minimum absolute atomic E-state index is 0.0137. The summed E-state index contributed by atoms with van der Waals surface area (Å²) in [6.07, 6.45) is 0. The summed E-state index contributed by atoms with van der Waals surface area (Å²) in [6, 6.07) is 5.55. The Bertz CT molecular complexity index is 907. The minimum atomic E-state index is -1.03. The van der Waals surface area contributed by atoms with Gasteiger partial charge >= 0.3 is 17.9 Å². The quantitative estimate of drug-likeness (QED) is 0.413. The maximum absolute atomic E-state index is 12.6. The molecule has 0 amide bonds. The van der Waals surface area contributed by atoms with Crippen LogP contribution in [0.2, 0.25) is 0 Å². The van der Waals surface area contributed by atoms with Gasteiger partial charge in [-0.2, -0.15) is 5.06 Å². The number of hydroxylamine groups is 2. The zero-order valence-corrected chi connectivity index (χ0v) is 16.5. The molecule has 1 heterocycles. The summed E-state index contributed by atoms with van der Waals surface area (Å²) in [6.45, 7) is 4.19. The SMILES string of the molecule is COC(=O)C1=C(C)N(OC(C)=O)C(C)=C(C(=O)OC)C1c1cccc([N+](=O)[O-])c1. The van der Waals surface area contributed by atoms with E-state index in [-0.39, 0.29) is 28.2 Å². The topological polar surface area (TPSA) is 125 Å². The average molecular weight is 404 g/mol. The molecule has 0 saturated heterocycles. The van der Waals surface area contributed by atoms with Crippen LogP contribution in [0.25, 0.3) is 0 Å². The van der Waals surface area contributed by atoms with Crippen molar-refractivity contribution in [2.24, 2.45) is 0 Å². The molecule has 1 aromatic rings. The molecule has 0 N–H and O–H groups in total. The molecule has 0 fully saturated rings. The van der Waals surface area contributed by atoms with Gasteiger partial charge in [-0.1, -0.05) is 12.1 Å². The van der Waals surface area contributed by atoms with E-state index in [0.717, 1.165) is 19.3 Å². The van der Waals surface area contributed by atoms with E-state index in [2.05, 4.69) is 0 Å². The molecule has 0 radical (unpaired) electrons. The number of rotatable bonds is 5. The molecule has 1 aromatic carbocycles. The second-order valence-electron chi connectivity index (χ2n) is 6.14. The van der Waals surface area contributed by atoms with Crippen molar-refractivity contribution in [2.75, 3.05) is 14.2 Å². The monoisotopic (exact) mass is 404 g/mol. The highest BCUT2D eigenvalue weighted by Gasteiger charge is 2.41. The predicted octanol–water partition coefficient (Wildman–Crippen LogP) is 2.37. The van der Waals surface area contributed by atoms with E-state index in [1.165, 1.54) is 39.0 Å². The number of carbonyl (C=O) groups excluding carboxylic acids is 3. The summed E-state index contributed by atoms with van der Waals surface area (Å²) >= 11 is 0. The first-order valence-electron chi connectivity index (χ1n) is 8.45.